The number of aromatic nitrogens is 5. The Balaban J connectivity index is 1.09. The van der Waals surface area contributed by atoms with Crippen molar-refractivity contribution in [2.45, 2.75) is 44.2 Å². The molecule has 1 aromatic carbocycles. The maximum Gasteiger partial charge on any atom is 0.273 e. The van der Waals surface area contributed by atoms with Crippen molar-refractivity contribution in [1.29, 1.82) is 5.26 Å². The highest BCUT2D eigenvalue weighted by Crippen LogP contribution is 2.48. The molecule has 2 amide bonds. The number of hydrogen-bond acceptors (Lipinski definition) is 8. The van der Waals surface area contributed by atoms with E-state index < -0.39 is 0 Å². The number of piperidine rings is 1. The molecule has 6 rings (SSSR count). The second-order valence-corrected chi connectivity index (χ2v) is 10.6. The monoisotopic (exact) mass is 532 g/mol. The lowest BCUT2D eigenvalue weighted by atomic mass is 9.74. The summed E-state index contributed by atoms with van der Waals surface area (Å²) in [6.07, 6.45) is 5.55. The second-order valence-electron chi connectivity index (χ2n) is 10.1. The molecule has 38 heavy (non-hydrogen) atoms. The number of methoxy groups -OCH3 is 1. The lowest BCUT2D eigenvalue weighted by Crippen LogP contribution is -2.43. The number of fused-ring (bicyclic) bond motifs is 1. The SMILES string of the molecule is COc1nc([C@H](C)n2cc(C(=O)NC3CC(c4cc(Cl)ccc4C#N)C3)nn2)cnc1N1C[C@H]2C[C@H]2C1=O. The molecule has 0 spiro atoms. The minimum absolute atomic E-state index is 0.0254. The highest BCUT2D eigenvalue weighted by Gasteiger charge is 2.53. The molecule has 2 aliphatic carbocycles. The fraction of sp³-hybridized carbons (Fsp3) is 0.423. The van der Waals surface area contributed by atoms with Crippen LogP contribution in [0.5, 0.6) is 5.88 Å². The largest absolute Gasteiger partial charge is 0.478 e. The number of benzene rings is 1. The highest BCUT2D eigenvalue weighted by atomic mass is 35.5. The van der Waals surface area contributed by atoms with Crippen molar-refractivity contribution in [3.63, 3.8) is 0 Å². The Morgan fingerprint density at radius 1 is 1.32 bits per heavy atom. The zero-order valence-electron chi connectivity index (χ0n) is 20.8. The van der Waals surface area contributed by atoms with Crippen LogP contribution in [0.4, 0.5) is 5.82 Å². The van der Waals surface area contributed by atoms with E-state index >= 15 is 0 Å². The zero-order chi connectivity index (χ0) is 26.6. The van der Waals surface area contributed by atoms with Gasteiger partial charge in [0.15, 0.2) is 11.5 Å². The average molecular weight is 533 g/mol. The minimum Gasteiger partial charge on any atom is -0.478 e. The van der Waals surface area contributed by atoms with Crippen molar-refractivity contribution in [2.75, 3.05) is 18.6 Å². The molecule has 1 N–H and O–H groups in total. The first-order chi connectivity index (χ1) is 18.4. The van der Waals surface area contributed by atoms with Crippen molar-refractivity contribution in [3.05, 3.63) is 58.1 Å². The molecular weight excluding hydrogens is 508 g/mol. The Bertz CT molecular complexity index is 1480. The third-order valence-corrected chi connectivity index (χ3v) is 7.96. The normalized spacial score (nSPS) is 24.3. The Labute approximate surface area is 223 Å². The number of rotatable bonds is 7. The first-order valence-electron chi connectivity index (χ1n) is 12.5. The topological polar surface area (TPSA) is 139 Å². The van der Waals surface area contributed by atoms with E-state index in [1.807, 2.05) is 13.0 Å². The fourth-order valence-corrected chi connectivity index (χ4v) is 5.48. The molecular formula is C26H25ClN8O3. The summed E-state index contributed by atoms with van der Waals surface area (Å²) in [5.74, 6) is 1.15. The van der Waals surface area contributed by atoms with E-state index in [4.69, 9.17) is 16.3 Å². The Hall–Kier alpha value is -4.04. The van der Waals surface area contributed by atoms with Gasteiger partial charge in [-0.25, -0.2) is 14.6 Å². The summed E-state index contributed by atoms with van der Waals surface area (Å²) in [6.45, 7) is 2.51. The van der Waals surface area contributed by atoms with Gasteiger partial charge in [0.2, 0.25) is 5.91 Å². The molecule has 194 valence electrons. The molecule has 3 aliphatic rings. The smallest absolute Gasteiger partial charge is 0.273 e. The fourth-order valence-electron chi connectivity index (χ4n) is 5.30. The third-order valence-electron chi connectivity index (χ3n) is 7.73. The Kier molecular flexibility index (Phi) is 5.99. The lowest BCUT2D eigenvalue weighted by molar-refractivity contribution is -0.118. The lowest BCUT2D eigenvalue weighted by Gasteiger charge is -2.36. The summed E-state index contributed by atoms with van der Waals surface area (Å²) in [6, 6.07) is 7.07. The Morgan fingerprint density at radius 3 is 2.84 bits per heavy atom. The number of amides is 2. The zero-order valence-corrected chi connectivity index (χ0v) is 21.6. The second kappa shape index (κ2) is 9.36. The van der Waals surface area contributed by atoms with Crippen LogP contribution in [0.1, 0.15) is 65.5 Å². The molecule has 1 aliphatic heterocycles. The summed E-state index contributed by atoms with van der Waals surface area (Å²) in [5, 5.41) is 21.1. The van der Waals surface area contributed by atoms with Crippen LogP contribution in [0.3, 0.4) is 0 Å². The van der Waals surface area contributed by atoms with Crippen molar-refractivity contribution < 1.29 is 14.3 Å². The van der Waals surface area contributed by atoms with Gasteiger partial charge in [0, 0.05) is 23.5 Å². The van der Waals surface area contributed by atoms with Gasteiger partial charge in [-0.15, -0.1) is 5.10 Å². The summed E-state index contributed by atoms with van der Waals surface area (Å²) < 4.78 is 6.99. The van der Waals surface area contributed by atoms with Crippen LogP contribution < -0.4 is 15.0 Å². The number of anilines is 1. The van der Waals surface area contributed by atoms with Crippen LogP contribution in [0, 0.1) is 23.2 Å². The number of ether oxygens (including phenoxy) is 1. The number of hydrogen-bond donors (Lipinski definition) is 1. The number of carbonyl (C=O) groups is 2. The number of nitrogens with one attached hydrogen (secondary N) is 1. The molecule has 2 saturated carbocycles. The third kappa shape index (κ3) is 4.24. The van der Waals surface area contributed by atoms with E-state index in [1.165, 1.54) is 7.11 Å². The van der Waals surface area contributed by atoms with Crippen molar-refractivity contribution in [1.82, 2.24) is 30.3 Å². The summed E-state index contributed by atoms with van der Waals surface area (Å²) >= 11 is 6.11. The van der Waals surface area contributed by atoms with Crippen LogP contribution in [0.25, 0.3) is 0 Å². The van der Waals surface area contributed by atoms with Crippen LogP contribution in [-0.2, 0) is 4.79 Å². The molecule has 2 aromatic heterocycles. The molecule has 1 saturated heterocycles. The van der Waals surface area contributed by atoms with Gasteiger partial charge in [-0.2, -0.15) is 5.26 Å². The number of nitriles is 1. The first kappa shape index (κ1) is 24.3. The van der Waals surface area contributed by atoms with Crippen LogP contribution in [-0.4, -0.2) is 56.5 Å². The number of carbonyl (C=O) groups excluding carboxylic acids is 2. The molecule has 11 nitrogen and oxygen atoms in total. The summed E-state index contributed by atoms with van der Waals surface area (Å²) in [4.78, 5) is 36.0. The van der Waals surface area contributed by atoms with Gasteiger partial charge in [-0.3, -0.25) is 14.5 Å². The minimum atomic E-state index is -0.373. The van der Waals surface area contributed by atoms with Gasteiger partial charge >= 0.3 is 0 Å². The molecule has 3 heterocycles. The van der Waals surface area contributed by atoms with Crippen molar-refractivity contribution >= 4 is 29.2 Å². The molecule has 3 fully saturated rings. The quantitative estimate of drug-likeness (QED) is 0.490. The maximum absolute atomic E-state index is 12.8. The number of halogens is 1. The van der Waals surface area contributed by atoms with E-state index in [9.17, 15) is 14.9 Å². The van der Waals surface area contributed by atoms with Gasteiger partial charge in [0.1, 0.15) is 0 Å². The maximum atomic E-state index is 12.8. The van der Waals surface area contributed by atoms with Gasteiger partial charge < -0.3 is 10.1 Å². The van der Waals surface area contributed by atoms with Gasteiger partial charge in [0.25, 0.3) is 11.8 Å². The predicted octanol–water partition coefficient (Wildman–Crippen LogP) is 2.87. The molecule has 12 heteroatoms. The predicted molar refractivity (Wildman–Crippen MR) is 136 cm³/mol. The highest BCUT2D eigenvalue weighted by molar-refractivity contribution is 6.30. The van der Waals surface area contributed by atoms with Crippen molar-refractivity contribution in [2.24, 2.45) is 11.8 Å². The molecule has 0 radical (unpaired) electrons. The van der Waals surface area contributed by atoms with Gasteiger partial charge in [0.05, 0.1) is 42.9 Å². The summed E-state index contributed by atoms with van der Waals surface area (Å²) in [5.41, 5.74) is 2.28. The van der Waals surface area contributed by atoms with Crippen molar-refractivity contribution in [3.8, 4) is 11.9 Å². The van der Waals surface area contributed by atoms with Crippen LogP contribution in [0.15, 0.2) is 30.6 Å². The molecule has 0 unspecified atom stereocenters. The molecule has 0 bridgehead atoms. The van der Waals surface area contributed by atoms with Gasteiger partial charge in [-0.1, -0.05) is 16.8 Å². The van der Waals surface area contributed by atoms with Crippen LogP contribution in [0.2, 0.25) is 5.02 Å². The Morgan fingerprint density at radius 2 is 2.13 bits per heavy atom. The molecule has 3 aromatic rings. The van der Waals surface area contributed by atoms with E-state index in [-0.39, 0.29) is 47.3 Å². The van der Waals surface area contributed by atoms with E-state index in [1.54, 1.807) is 34.1 Å². The average Bonchev–Trinajstić information content (AvgIpc) is 3.36. The van der Waals surface area contributed by atoms with E-state index in [0.717, 1.165) is 12.0 Å². The van der Waals surface area contributed by atoms with E-state index in [2.05, 4.69) is 31.7 Å². The standard InChI is InChI=1S/C26H25ClN8O3/c1-13(21-10-29-23(25(31-21)38-2)34-11-16-7-20(16)26(34)37)35-12-22(32-33-35)24(36)30-18-5-15(6-18)19-8-17(27)4-3-14(19)9-28/h3-4,8,10,12-13,15-16,18,20H,5-7,11H2,1-2H3,(H,30,36)/t13-,15?,16+,18?,20+/m0/s1. The first-order valence-corrected chi connectivity index (χ1v) is 12.9. The van der Waals surface area contributed by atoms with Crippen LogP contribution >= 0.6 is 11.6 Å². The number of nitrogens with zero attached hydrogens (tertiary/aromatic N) is 7. The van der Waals surface area contributed by atoms with Gasteiger partial charge in [-0.05, 0) is 61.8 Å². The molecule has 3 atom stereocenters. The summed E-state index contributed by atoms with van der Waals surface area (Å²) in [7, 11) is 1.50. The van der Waals surface area contributed by atoms with E-state index in [0.29, 0.717) is 47.4 Å².